The largest absolute Gasteiger partial charge is 0.463 e. The molecule has 0 saturated carbocycles. The molecule has 0 amide bonds. The quantitative estimate of drug-likeness (QED) is 0.518. The van der Waals surface area contributed by atoms with Crippen molar-refractivity contribution in [2.75, 3.05) is 6.61 Å². The van der Waals surface area contributed by atoms with Gasteiger partial charge >= 0.3 is 17.9 Å². The second kappa shape index (κ2) is 6.48. The molecule has 1 aliphatic rings. The minimum atomic E-state index is -0.950. The van der Waals surface area contributed by atoms with Crippen molar-refractivity contribution in [2.45, 2.75) is 45.3 Å². The molecular formula is C11H17NO7. The van der Waals surface area contributed by atoms with Crippen molar-refractivity contribution < 1.29 is 33.3 Å². The second-order valence-corrected chi connectivity index (χ2v) is 4.09. The molecule has 1 heterocycles. The summed E-state index contributed by atoms with van der Waals surface area (Å²) in [4.78, 5) is 32.8. The van der Waals surface area contributed by atoms with Crippen molar-refractivity contribution in [1.29, 1.82) is 0 Å². The first-order valence-electron chi connectivity index (χ1n) is 5.70. The molecule has 1 fully saturated rings. The van der Waals surface area contributed by atoms with E-state index >= 15 is 0 Å². The van der Waals surface area contributed by atoms with E-state index in [1.165, 1.54) is 20.8 Å². The lowest BCUT2D eigenvalue weighted by Crippen LogP contribution is -2.43. The van der Waals surface area contributed by atoms with E-state index in [1.54, 1.807) is 0 Å². The van der Waals surface area contributed by atoms with Crippen LogP contribution in [0.1, 0.15) is 20.8 Å². The lowest BCUT2D eigenvalue weighted by molar-refractivity contribution is -0.165. The predicted octanol–water partition coefficient (Wildman–Crippen LogP) is -0.903. The predicted molar refractivity (Wildman–Crippen MR) is 60.6 cm³/mol. The summed E-state index contributed by atoms with van der Waals surface area (Å²) >= 11 is 0. The van der Waals surface area contributed by atoms with Gasteiger partial charge in [-0.2, -0.15) is 0 Å². The lowest BCUT2D eigenvalue weighted by Gasteiger charge is -2.22. The summed E-state index contributed by atoms with van der Waals surface area (Å²) < 4.78 is 20.1. The Labute approximate surface area is 110 Å². The Balaban J connectivity index is 2.76. The van der Waals surface area contributed by atoms with Crippen LogP contribution in [0.25, 0.3) is 0 Å². The van der Waals surface area contributed by atoms with Crippen LogP contribution in [0.3, 0.4) is 0 Å². The fourth-order valence-corrected chi connectivity index (χ4v) is 1.75. The average molecular weight is 275 g/mol. The number of hydrogen-bond acceptors (Lipinski definition) is 8. The molecule has 108 valence electrons. The van der Waals surface area contributed by atoms with E-state index in [-0.39, 0.29) is 6.61 Å². The van der Waals surface area contributed by atoms with Crippen molar-refractivity contribution in [1.82, 2.24) is 0 Å². The van der Waals surface area contributed by atoms with Crippen molar-refractivity contribution in [2.24, 2.45) is 5.73 Å². The molecule has 8 nitrogen and oxygen atoms in total. The highest BCUT2D eigenvalue weighted by Gasteiger charge is 2.48. The van der Waals surface area contributed by atoms with Crippen molar-refractivity contribution in [3.8, 4) is 0 Å². The molecule has 1 aliphatic heterocycles. The number of carbonyl (C=O) groups is 3. The van der Waals surface area contributed by atoms with Crippen LogP contribution in [0.15, 0.2) is 0 Å². The van der Waals surface area contributed by atoms with Gasteiger partial charge in [-0.3, -0.25) is 14.4 Å². The third-order valence-electron chi connectivity index (χ3n) is 2.40. The van der Waals surface area contributed by atoms with Crippen LogP contribution in [0.2, 0.25) is 0 Å². The van der Waals surface area contributed by atoms with Crippen molar-refractivity contribution in [3.63, 3.8) is 0 Å². The zero-order valence-electron chi connectivity index (χ0n) is 11.0. The molecular weight excluding hydrogens is 258 g/mol. The summed E-state index contributed by atoms with van der Waals surface area (Å²) in [5, 5.41) is 0. The standard InChI is InChI=1S/C11H17NO7/c1-5(13)16-4-8-9(17-6(2)14)10(11(12)19-8)18-7(3)15/h8-11H,4,12H2,1-3H3/t8-,9-,10-,11-/m1/s1. The summed E-state index contributed by atoms with van der Waals surface area (Å²) in [6.07, 6.45) is -3.56. The Hall–Kier alpha value is -1.67. The van der Waals surface area contributed by atoms with Crippen LogP contribution in [-0.4, -0.2) is 49.1 Å². The molecule has 0 spiro atoms. The minimum Gasteiger partial charge on any atom is -0.463 e. The molecule has 4 atom stereocenters. The maximum Gasteiger partial charge on any atom is 0.303 e. The molecule has 8 heteroatoms. The topological polar surface area (TPSA) is 114 Å². The van der Waals surface area contributed by atoms with Gasteiger partial charge in [-0.05, 0) is 0 Å². The Morgan fingerprint density at radius 3 is 2.00 bits per heavy atom. The molecule has 0 aromatic carbocycles. The number of esters is 3. The molecule has 1 rings (SSSR count). The van der Waals surface area contributed by atoms with E-state index in [9.17, 15) is 14.4 Å². The first-order chi connectivity index (χ1) is 8.81. The second-order valence-electron chi connectivity index (χ2n) is 4.09. The third-order valence-corrected chi connectivity index (χ3v) is 2.40. The van der Waals surface area contributed by atoms with Gasteiger partial charge in [-0.15, -0.1) is 0 Å². The lowest BCUT2D eigenvalue weighted by atomic mass is 10.1. The summed E-state index contributed by atoms with van der Waals surface area (Å²) in [7, 11) is 0. The molecule has 0 aromatic heterocycles. The van der Waals surface area contributed by atoms with Gasteiger partial charge in [0.1, 0.15) is 18.9 Å². The zero-order chi connectivity index (χ0) is 14.6. The van der Waals surface area contributed by atoms with E-state index < -0.39 is 42.4 Å². The first-order valence-corrected chi connectivity index (χ1v) is 5.70. The summed E-state index contributed by atoms with van der Waals surface area (Å²) in [5.41, 5.74) is 5.66. The van der Waals surface area contributed by atoms with Crippen LogP contribution in [0, 0.1) is 0 Å². The Kier molecular flexibility index (Phi) is 5.25. The molecule has 0 unspecified atom stereocenters. The van der Waals surface area contributed by atoms with E-state index in [4.69, 9.17) is 24.7 Å². The Bertz CT molecular complexity index is 370. The highest BCUT2D eigenvalue weighted by atomic mass is 16.7. The summed E-state index contributed by atoms with van der Waals surface area (Å²) in [6.45, 7) is 3.51. The van der Waals surface area contributed by atoms with Gasteiger partial charge in [0, 0.05) is 20.8 Å². The molecule has 0 bridgehead atoms. The number of carbonyl (C=O) groups excluding carboxylic acids is 3. The van der Waals surface area contributed by atoms with Gasteiger partial charge < -0.3 is 24.7 Å². The molecule has 0 aliphatic carbocycles. The molecule has 1 saturated heterocycles. The number of hydrogen-bond donors (Lipinski definition) is 1. The highest BCUT2D eigenvalue weighted by molar-refractivity contribution is 5.67. The first kappa shape index (κ1) is 15.4. The smallest absolute Gasteiger partial charge is 0.303 e. The van der Waals surface area contributed by atoms with Crippen LogP contribution >= 0.6 is 0 Å². The van der Waals surface area contributed by atoms with E-state index in [2.05, 4.69) is 0 Å². The average Bonchev–Trinajstić information content (AvgIpc) is 2.53. The highest BCUT2D eigenvalue weighted by Crippen LogP contribution is 2.25. The SMILES string of the molecule is CC(=O)OC[C@H]1O[C@@H](N)[C@H](OC(C)=O)[C@@H]1OC(C)=O. The van der Waals surface area contributed by atoms with E-state index in [1.807, 2.05) is 0 Å². The van der Waals surface area contributed by atoms with Crippen LogP contribution in [0.5, 0.6) is 0 Å². The van der Waals surface area contributed by atoms with Gasteiger partial charge in [-0.25, -0.2) is 0 Å². The zero-order valence-corrected chi connectivity index (χ0v) is 11.0. The Morgan fingerprint density at radius 2 is 1.53 bits per heavy atom. The maximum absolute atomic E-state index is 11.1. The van der Waals surface area contributed by atoms with Gasteiger partial charge in [0.05, 0.1) is 0 Å². The molecule has 0 radical (unpaired) electrons. The van der Waals surface area contributed by atoms with Gasteiger partial charge in [0.2, 0.25) is 0 Å². The number of nitrogens with two attached hydrogens (primary N) is 1. The monoisotopic (exact) mass is 275 g/mol. The van der Waals surface area contributed by atoms with Gasteiger partial charge in [-0.1, -0.05) is 0 Å². The van der Waals surface area contributed by atoms with E-state index in [0.717, 1.165) is 0 Å². The molecule has 19 heavy (non-hydrogen) atoms. The fourth-order valence-electron chi connectivity index (χ4n) is 1.75. The van der Waals surface area contributed by atoms with Crippen LogP contribution in [0.4, 0.5) is 0 Å². The van der Waals surface area contributed by atoms with E-state index in [0.29, 0.717) is 0 Å². The number of ether oxygens (including phenoxy) is 4. The minimum absolute atomic E-state index is 0.140. The van der Waals surface area contributed by atoms with Gasteiger partial charge in [0.25, 0.3) is 0 Å². The summed E-state index contributed by atoms with van der Waals surface area (Å²) in [6, 6.07) is 0. The molecule has 0 aromatic rings. The Morgan fingerprint density at radius 1 is 1.00 bits per heavy atom. The molecule has 2 N–H and O–H groups in total. The number of rotatable bonds is 4. The van der Waals surface area contributed by atoms with Gasteiger partial charge in [0.15, 0.2) is 12.2 Å². The summed E-state index contributed by atoms with van der Waals surface area (Å²) in [5.74, 6) is -1.66. The van der Waals surface area contributed by atoms with Crippen LogP contribution in [-0.2, 0) is 33.3 Å². The van der Waals surface area contributed by atoms with Crippen LogP contribution < -0.4 is 5.73 Å². The normalized spacial score (nSPS) is 29.7. The third kappa shape index (κ3) is 4.49. The van der Waals surface area contributed by atoms with Crippen molar-refractivity contribution >= 4 is 17.9 Å². The maximum atomic E-state index is 11.1. The van der Waals surface area contributed by atoms with Crippen molar-refractivity contribution in [3.05, 3.63) is 0 Å². The fraction of sp³-hybridized carbons (Fsp3) is 0.727.